The van der Waals surface area contributed by atoms with E-state index >= 15 is 0 Å². The lowest BCUT2D eigenvalue weighted by molar-refractivity contribution is -0.139. The first-order chi connectivity index (χ1) is 7.74. The molecule has 2 N–H and O–H groups in total. The van der Waals surface area contributed by atoms with E-state index in [1.54, 1.807) is 0 Å². The molecule has 0 aromatic heterocycles. The molecular weight excluding hydrogens is 205 g/mol. The SMILES string of the molecule is COBN[C@H](CCc1ccccc1)C(=O)O. The monoisotopic (exact) mass is 221 g/mol. The van der Waals surface area contributed by atoms with Gasteiger partial charge >= 0.3 is 13.6 Å². The van der Waals surface area contributed by atoms with Crippen molar-refractivity contribution < 1.29 is 14.6 Å². The summed E-state index contributed by atoms with van der Waals surface area (Å²) in [7, 11) is 1.79. The zero-order chi connectivity index (χ0) is 11.8. The smallest absolute Gasteiger partial charge is 0.361 e. The zero-order valence-corrected chi connectivity index (χ0v) is 9.35. The number of carboxylic acids is 1. The molecule has 0 saturated carbocycles. The maximum atomic E-state index is 10.9. The van der Waals surface area contributed by atoms with Crippen molar-refractivity contribution >= 4 is 13.6 Å². The Kier molecular flexibility index (Phi) is 5.60. The van der Waals surface area contributed by atoms with Crippen molar-refractivity contribution in [2.75, 3.05) is 7.11 Å². The summed E-state index contributed by atoms with van der Waals surface area (Å²) < 4.78 is 4.80. The number of benzene rings is 1. The summed E-state index contributed by atoms with van der Waals surface area (Å²) in [5, 5.41) is 11.8. The molecule has 0 heterocycles. The van der Waals surface area contributed by atoms with E-state index in [0.29, 0.717) is 6.42 Å². The molecule has 1 atom stereocenters. The first-order valence-corrected chi connectivity index (χ1v) is 5.23. The molecule has 0 fully saturated rings. The second kappa shape index (κ2) is 7.03. The number of hydrogen-bond acceptors (Lipinski definition) is 3. The van der Waals surface area contributed by atoms with Crippen LogP contribution in [0.1, 0.15) is 12.0 Å². The standard InChI is InChI=1S/C11H16BNO3/c1-16-12-13-10(11(14)15)8-7-9-5-3-2-4-6-9/h2-6,10,12-13H,7-8H2,1H3,(H,14,15)/t10-/m1/s1. The van der Waals surface area contributed by atoms with Gasteiger partial charge in [-0.2, -0.15) is 0 Å². The largest absolute Gasteiger partial charge is 0.480 e. The van der Waals surface area contributed by atoms with Gasteiger partial charge in [-0.25, -0.2) is 0 Å². The summed E-state index contributed by atoms with van der Waals surface area (Å²) in [6.07, 6.45) is 1.30. The van der Waals surface area contributed by atoms with Crippen molar-refractivity contribution in [3.63, 3.8) is 0 Å². The molecule has 0 bridgehead atoms. The molecule has 4 nitrogen and oxygen atoms in total. The van der Waals surface area contributed by atoms with Crippen LogP contribution in [0.15, 0.2) is 30.3 Å². The summed E-state index contributed by atoms with van der Waals surface area (Å²) in [6, 6.07) is 9.29. The molecule has 5 heteroatoms. The van der Waals surface area contributed by atoms with Gasteiger partial charge in [-0.3, -0.25) is 4.79 Å². The molecule has 0 aliphatic heterocycles. The topological polar surface area (TPSA) is 58.6 Å². The third-order valence-electron chi connectivity index (χ3n) is 2.34. The average molecular weight is 221 g/mol. The Bertz CT molecular complexity index is 318. The van der Waals surface area contributed by atoms with Crippen LogP contribution >= 0.6 is 0 Å². The molecule has 86 valence electrons. The van der Waals surface area contributed by atoms with Gasteiger partial charge in [0.1, 0.15) is 0 Å². The molecule has 0 amide bonds. The zero-order valence-electron chi connectivity index (χ0n) is 9.35. The van der Waals surface area contributed by atoms with E-state index in [-0.39, 0.29) is 7.62 Å². The van der Waals surface area contributed by atoms with Gasteiger partial charge < -0.3 is 15.0 Å². The Labute approximate surface area is 95.9 Å². The van der Waals surface area contributed by atoms with Gasteiger partial charge in [0.05, 0.1) is 6.04 Å². The number of carbonyl (C=O) groups is 1. The van der Waals surface area contributed by atoms with Gasteiger partial charge in [-0.1, -0.05) is 30.3 Å². The van der Waals surface area contributed by atoms with Gasteiger partial charge in [0.25, 0.3) is 0 Å². The predicted molar refractivity (Wildman–Crippen MR) is 63.5 cm³/mol. The molecule has 1 aromatic carbocycles. The first-order valence-electron chi connectivity index (χ1n) is 5.23. The second-order valence-electron chi connectivity index (χ2n) is 3.55. The Hall–Kier alpha value is -1.33. The minimum atomic E-state index is -0.840. The van der Waals surface area contributed by atoms with Crippen molar-refractivity contribution in [3.05, 3.63) is 35.9 Å². The Morgan fingerprint density at radius 3 is 2.75 bits per heavy atom. The van der Waals surface area contributed by atoms with Crippen molar-refractivity contribution in [2.24, 2.45) is 0 Å². The fourth-order valence-corrected chi connectivity index (χ4v) is 1.45. The molecular formula is C11H16BNO3. The van der Waals surface area contributed by atoms with E-state index < -0.39 is 12.0 Å². The minimum absolute atomic E-state index is 0.256. The highest BCUT2D eigenvalue weighted by molar-refractivity contribution is 6.24. The molecule has 16 heavy (non-hydrogen) atoms. The van der Waals surface area contributed by atoms with E-state index in [0.717, 1.165) is 12.0 Å². The normalized spacial score (nSPS) is 12.1. The number of carboxylic acid groups (broad SMARTS) is 1. The molecule has 1 aromatic rings. The van der Waals surface area contributed by atoms with Gasteiger partial charge in [-0.05, 0) is 18.4 Å². The van der Waals surface area contributed by atoms with E-state index in [2.05, 4.69) is 5.23 Å². The third kappa shape index (κ3) is 4.46. The number of rotatable bonds is 7. The molecule has 0 spiro atoms. The highest BCUT2D eigenvalue weighted by Crippen LogP contribution is 2.05. The van der Waals surface area contributed by atoms with Gasteiger partial charge in [0, 0.05) is 7.11 Å². The van der Waals surface area contributed by atoms with Crippen molar-refractivity contribution in [1.29, 1.82) is 0 Å². The fourth-order valence-electron chi connectivity index (χ4n) is 1.45. The second-order valence-corrected chi connectivity index (χ2v) is 3.55. The summed E-state index contributed by atoms with van der Waals surface area (Å²) >= 11 is 0. The van der Waals surface area contributed by atoms with E-state index in [9.17, 15) is 4.79 Å². The Balaban J connectivity index is 2.41. The van der Waals surface area contributed by atoms with Gasteiger partial charge in [0.2, 0.25) is 0 Å². The van der Waals surface area contributed by atoms with Gasteiger partial charge in [-0.15, -0.1) is 0 Å². The molecule has 0 saturated heterocycles. The maximum absolute atomic E-state index is 10.9. The van der Waals surface area contributed by atoms with Crippen LogP contribution in [0, 0.1) is 0 Å². The lowest BCUT2D eigenvalue weighted by atomic mass is 10.0. The summed E-state index contributed by atoms with van der Waals surface area (Å²) in [5.41, 5.74) is 1.15. The highest BCUT2D eigenvalue weighted by atomic mass is 16.4. The van der Waals surface area contributed by atoms with Crippen LogP contribution in [-0.4, -0.2) is 31.8 Å². The van der Waals surface area contributed by atoms with E-state index in [1.165, 1.54) is 7.11 Å². The first kappa shape index (κ1) is 12.7. The average Bonchev–Trinajstić information content (AvgIpc) is 2.30. The van der Waals surface area contributed by atoms with Crippen LogP contribution in [0.3, 0.4) is 0 Å². The molecule has 0 aliphatic carbocycles. The van der Waals surface area contributed by atoms with E-state index in [4.69, 9.17) is 9.76 Å². The lowest BCUT2D eigenvalue weighted by Crippen LogP contribution is -2.40. The van der Waals surface area contributed by atoms with Crippen molar-refractivity contribution in [3.8, 4) is 0 Å². The van der Waals surface area contributed by atoms with Crippen LogP contribution in [0.2, 0.25) is 0 Å². The number of aryl methyl sites for hydroxylation is 1. The van der Waals surface area contributed by atoms with Crippen LogP contribution in [0.25, 0.3) is 0 Å². The van der Waals surface area contributed by atoms with Crippen LogP contribution in [0.4, 0.5) is 0 Å². The van der Waals surface area contributed by atoms with Crippen molar-refractivity contribution in [1.82, 2.24) is 5.23 Å². The quantitative estimate of drug-likeness (QED) is 0.661. The van der Waals surface area contributed by atoms with Crippen LogP contribution in [-0.2, 0) is 15.9 Å². The maximum Gasteiger partial charge on any atom is 0.361 e. The van der Waals surface area contributed by atoms with Crippen LogP contribution in [0.5, 0.6) is 0 Å². The van der Waals surface area contributed by atoms with Crippen molar-refractivity contribution in [2.45, 2.75) is 18.9 Å². The molecule has 0 aliphatic rings. The number of hydrogen-bond donors (Lipinski definition) is 2. The summed E-state index contributed by atoms with van der Waals surface area (Å²) in [5.74, 6) is -0.840. The Morgan fingerprint density at radius 1 is 1.50 bits per heavy atom. The number of aliphatic carboxylic acids is 1. The lowest BCUT2D eigenvalue weighted by Gasteiger charge is -2.12. The molecule has 1 rings (SSSR count). The predicted octanol–water partition coefficient (Wildman–Crippen LogP) is 0.575. The summed E-state index contributed by atoms with van der Waals surface area (Å²) in [6.45, 7) is 0. The number of nitrogens with one attached hydrogen (secondary N) is 1. The molecule has 0 radical (unpaired) electrons. The molecule has 0 unspecified atom stereocenters. The van der Waals surface area contributed by atoms with Gasteiger partial charge in [0.15, 0.2) is 0 Å². The Morgan fingerprint density at radius 2 is 2.19 bits per heavy atom. The third-order valence-corrected chi connectivity index (χ3v) is 2.34. The summed E-state index contributed by atoms with van der Waals surface area (Å²) in [4.78, 5) is 10.9. The fraction of sp³-hybridized carbons (Fsp3) is 0.364. The van der Waals surface area contributed by atoms with E-state index in [1.807, 2.05) is 30.3 Å². The minimum Gasteiger partial charge on any atom is -0.480 e. The highest BCUT2D eigenvalue weighted by Gasteiger charge is 2.16. The van der Waals surface area contributed by atoms with Crippen LogP contribution < -0.4 is 5.23 Å².